The molecule has 1 aliphatic heterocycles. The Morgan fingerprint density at radius 2 is 1.74 bits per heavy atom. The van der Waals surface area contributed by atoms with Crippen LogP contribution in [0.3, 0.4) is 0 Å². The molecule has 0 aliphatic carbocycles. The van der Waals surface area contributed by atoms with Crippen molar-refractivity contribution >= 4 is 17.5 Å². The van der Waals surface area contributed by atoms with Gasteiger partial charge in [0.2, 0.25) is 0 Å². The molecule has 5 heteroatoms. The van der Waals surface area contributed by atoms with Crippen LogP contribution in [0.2, 0.25) is 0 Å². The largest absolute Gasteiger partial charge is 0.391 e. The number of carbonyl (C=O) groups is 2. The number of amides is 2. The monoisotopic (exact) mass is 318 g/mol. The maximum Gasteiger partial charge on any atom is 0.313 e. The molecule has 0 unspecified atom stereocenters. The number of carbonyl (C=O) groups excluding carboxylic acids is 2. The van der Waals surface area contributed by atoms with E-state index in [0.29, 0.717) is 13.0 Å². The molecule has 2 N–H and O–H groups in total. The fourth-order valence-corrected chi connectivity index (χ4v) is 2.93. The van der Waals surface area contributed by atoms with Crippen LogP contribution >= 0.6 is 0 Å². The topological polar surface area (TPSA) is 69.6 Å². The Kier molecular flexibility index (Phi) is 5.42. The van der Waals surface area contributed by atoms with Gasteiger partial charge in [-0.3, -0.25) is 9.59 Å². The van der Waals surface area contributed by atoms with E-state index in [0.717, 1.165) is 16.8 Å². The van der Waals surface area contributed by atoms with Crippen LogP contribution in [0.1, 0.15) is 57.1 Å². The Morgan fingerprint density at radius 1 is 1.17 bits per heavy atom. The van der Waals surface area contributed by atoms with Gasteiger partial charge < -0.3 is 15.3 Å². The number of anilines is 1. The van der Waals surface area contributed by atoms with Gasteiger partial charge in [0.25, 0.3) is 0 Å². The molecule has 1 aromatic rings. The van der Waals surface area contributed by atoms with Crippen LogP contribution in [0.5, 0.6) is 0 Å². The smallest absolute Gasteiger partial charge is 0.313 e. The van der Waals surface area contributed by atoms with Crippen LogP contribution < -0.4 is 5.32 Å². The number of hydrogen-bond acceptors (Lipinski definition) is 3. The lowest BCUT2D eigenvalue weighted by molar-refractivity contribution is -0.142. The summed E-state index contributed by atoms with van der Waals surface area (Å²) in [6, 6.07) is 5.95. The molecule has 0 saturated carbocycles. The van der Waals surface area contributed by atoms with Crippen LogP contribution in [0.4, 0.5) is 5.69 Å². The van der Waals surface area contributed by atoms with E-state index in [9.17, 15) is 14.7 Å². The zero-order valence-corrected chi connectivity index (χ0v) is 14.3. The first-order valence-corrected chi connectivity index (χ1v) is 8.22. The third kappa shape index (κ3) is 3.91. The second-order valence-corrected chi connectivity index (χ2v) is 6.77. The van der Waals surface area contributed by atoms with Crippen molar-refractivity contribution in [2.75, 3.05) is 18.4 Å². The van der Waals surface area contributed by atoms with E-state index < -0.39 is 17.9 Å². The summed E-state index contributed by atoms with van der Waals surface area (Å²) in [5.74, 6) is -0.718. The van der Waals surface area contributed by atoms with Crippen molar-refractivity contribution in [1.82, 2.24) is 4.90 Å². The van der Waals surface area contributed by atoms with Gasteiger partial charge in [-0.05, 0) is 29.4 Å². The lowest BCUT2D eigenvalue weighted by Crippen LogP contribution is -2.39. The summed E-state index contributed by atoms with van der Waals surface area (Å²) >= 11 is 0. The highest BCUT2D eigenvalue weighted by atomic mass is 16.3. The first-order valence-electron chi connectivity index (χ1n) is 8.22. The van der Waals surface area contributed by atoms with E-state index in [4.69, 9.17) is 0 Å². The quantitative estimate of drug-likeness (QED) is 0.841. The first kappa shape index (κ1) is 17.5. The lowest BCUT2D eigenvalue weighted by atomic mass is 9.92. The van der Waals surface area contributed by atoms with Crippen LogP contribution in [-0.4, -0.2) is 41.0 Å². The molecule has 1 heterocycles. The average molecular weight is 318 g/mol. The van der Waals surface area contributed by atoms with Gasteiger partial charge in [0.05, 0.1) is 6.10 Å². The van der Waals surface area contributed by atoms with Gasteiger partial charge in [-0.25, -0.2) is 0 Å². The highest BCUT2D eigenvalue weighted by Crippen LogP contribution is 2.32. The summed E-state index contributed by atoms with van der Waals surface area (Å²) < 4.78 is 0. The number of nitrogens with zero attached hydrogens (tertiary/aromatic N) is 1. The molecular weight excluding hydrogens is 292 g/mol. The molecule has 1 atom stereocenters. The van der Waals surface area contributed by atoms with Gasteiger partial charge in [0, 0.05) is 18.8 Å². The van der Waals surface area contributed by atoms with E-state index in [-0.39, 0.29) is 18.4 Å². The summed E-state index contributed by atoms with van der Waals surface area (Å²) in [4.78, 5) is 26.0. The molecule has 2 amide bonds. The maximum atomic E-state index is 12.4. The summed E-state index contributed by atoms with van der Waals surface area (Å²) in [5, 5.41) is 12.3. The van der Waals surface area contributed by atoms with E-state index in [2.05, 4.69) is 33.0 Å². The molecular formula is C18H26N2O3. The molecule has 0 bridgehead atoms. The van der Waals surface area contributed by atoms with E-state index >= 15 is 0 Å². The molecule has 2 rings (SSSR count). The van der Waals surface area contributed by atoms with Crippen molar-refractivity contribution in [2.45, 2.75) is 52.1 Å². The van der Waals surface area contributed by atoms with Crippen molar-refractivity contribution in [3.8, 4) is 0 Å². The van der Waals surface area contributed by atoms with Crippen molar-refractivity contribution in [3.63, 3.8) is 0 Å². The minimum Gasteiger partial charge on any atom is -0.391 e. The number of aliphatic hydroxyl groups excluding tert-OH is 1. The number of benzene rings is 1. The SMILES string of the molecule is CC(C)c1cccc(C(C)C)c1NC(=O)C(=O)N1CC[C@@H](O)C1. The number of hydrogen-bond donors (Lipinski definition) is 2. The Hall–Kier alpha value is -1.88. The van der Waals surface area contributed by atoms with Crippen LogP contribution in [0.25, 0.3) is 0 Å². The van der Waals surface area contributed by atoms with Gasteiger partial charge in [0.15, 0.2) is 0 Å². The number of para-hydroxylation sites is 1. The average Bonchev–Trinajstić information content (AvgIpc) is 2.92. The third-order valence-electron chi connectivity index (χ3n) is 4.26. The number of nitrogens with one attached hydrogen (secondary N) is 1. The van der Waals surface area contributed by atoms with E-state index in [1.165, 1.54) is 4.90 Å². The Labute approximate surface area is 137 Å². The maximum absolute atomic E-state index is 12.4. The molecule has 126 valence electrons. The summed E-state index contributed by atoms with van der Waals surface area (Å²) in [6.45, 7) is 8.91. The van der Waals surface area contributed by atoms with Crippen LogP contribution in [-0.2, 0) is 9.59 Å². The standard InChI is InChI=1S/C18H26N2O3/c1-11(2)14-6-5-7-15(12(3)4)16(14)19-17(22)18(23)20-9-8-13(21)10-20/h5-7,11-13,21H,8-10H2,1-4H3,(H,19,22)/t13-/m1/s1. The highest BCUT2D eigenvalue weighted by molar-refractivity contribution is 6.39. The molecule has 1 saturated heterocycles. The van der Waals surface area contributed by atoms with Crippen molar-refractivity contribution < 1.29 is 14.7 Å². The van der Waals surface area contributed by atoms with Gasteiger partial charge in [0.1, 0.15) is 0 Å². The molecule has 0 spiro atoms. The first-order chi connectivity index (χ1) is 10.8. The normalized spacial score (nSPS) is 17.9. The minimum absolute atomic E-state index is 0.231. The summed E-state index contributed by atoms with van der Waals surface area (Å²) in [7, 11) is 0. The molecule has 23 heavy (non-hydrogen) atoms. The fourth-order valence-electron chi connectivity index (χ4n) is 2.93. The number of rotatable bonds is 3. The predicted molar refractivity (Wildman–Crippen MR) is 90.5 cm³/mol. The minimum atomic E-state index is -0.630. The zero-order chi connectivity index (χ0) is 17.1. The predicted octanol–water partition coefficient (Wildman–Crippen LogP) is 2.47. The van der Waals surface area contributed by atoms with Crippen LogP contribution in [0, 0.1) is 0 Å². The zero-order valence-electron chi connectivity index (χ0n) is 14.3. The second-order valence-electron chi connectivity index (χ2n) is 6.77. The number of β-amino-alcohol motifs (C(OH)–C–C–N with tert-alkyl or cyclic N) is 1. The molecule has 0 radical (unpaired) electrons. The number of aliphatic hydroxyl groups is 1. The van der Waals surface area contributed by atoms with Gasteiger partial charge in [-0.15, -0.1) is 0 Å². The Morgan fingerprint density at radius 3 is 2.17 bits per heavy atom. The Bertz CT molecular complexity index is 570. The summed E-state index contributed by atoms with van der Waals surface area (Å²) in [6.07, 6.45) is -0.000289. The molecule has 1 aliphatic rings. The summed E-state index contributed by atoms with van der Waals surface area (Å²) in [5.41, 5.74) is 2.80. The second kappa shape index (κ2) is 7.13. The lowest BCUT2D eigenvalue weighted by Gasteiger charge is -2.21. The highest BCUT2D eigenvalue weighted by Gasteiger charge is 2.29. The molecule has 1 fully saturated rings. The van der Waals surface area contributed by atoms with Crippen molar-refractivity contribution in [3.05, 3.63) is 29.3 Å². The van der Waals surface area contributed by atoms with E-state index in [1.807, 2.05) is 18.2 Å². The molecule has 5 nitrogen and oxygen atoms in total. The molecule has 1 aromatic carbocycles. The van der Waals surface area contributed by atoms with Gasteiger partial charge in [-0.2, -0.15) is 0 Å². The third-order valence-corrected chi connectivity index (χ3v) is 4.26. The number of likely N-dealkylation sites (tertiary alicyclic amines) is 1. The van der Waals surface area contributed by atoms with E-state index in [1.54, 1.807) is 0 Å². The fraction of sp³-hybridized carbons (Fsp3) is 0.556. The van der Waals surface area contributed by atoms with Gasteiger partial charge in [-0.1, -0.05) is 45.9 Å². The van der Waals surface area contributed by atoms with Crippen molar-refractivity contribution in [2.24, 2.45) is 0 Å². The van der Waals surface area contributed by atoms with Crippen molar-refractivity contribution in [1.29, 1.82) is 0 Å². The molecule has 0 aromatic heterocycles. The Balaban J connectivity index is 2.24. The van der Waals surface area contributed by atoms with Crippen LogP contribution in [0.15, 0.2) is 18.2 Å². The van der Waals surface area contributed by atoms with Gasteiger partial charge >= 0.3 is 11.8 Å².